The number of benzene rings is 3. The third kappa shape index (κ3) is 4.15. The standard InChI is InChI=1S/C30H8N10/c1-35-23-11-17(13-31)9-19(15-33)25(23)27(37-3)21-5-6-22(30-29(21)39-7-8-40-30)28(38-4)26-20(16-34)10-18(14-32)12-24(26)36-2/h5-12H/b27-21-,28-22-/i9D,10D,11D,12D. The molecule has 10 nitrogen and oxygen atoms in total. The van der Waals surface area contributed by atoms with Crippen molar-refractivity contribution >= 4 is 33.8 Å². The number of hydrogen-bond acceptors (Lipinski definition) is 6. The van der Waals surface area contributed by atoms with Crippen molar-refractivity contribution in [2.75, 3.05) is 0 Å². The zero-order valence-corrected chi connectivity index (χ0v) is 19.8. The molecular formula is C30H8N10. The van der Waals surface area contributed by atoms with Gasteiger partial charge in [0.1, 0.15) is 0 Å². The van der Waals surface area contributed by atoms with E-state index in [9.17, 15) is 21.0 Å². The van der Waals surface area contributed by atoms with Crippen LogP contribution in [-0.2, 0) is 0 Å². The van der Waals surface area contributed by atoms with E-state index in [-0.39, 0.29) is 44.0 Å². The Morgan fingerprint density at radius 2 is 1.05 bits per heavy atom. The Bertz CT molecular complexity index is 2230. The molecule has 4 aromatic rings. The lowest BCUT2D eigenvalue weighted by Gasteiger charge is -2.10. The van der Waals surface area contributed by atoms with Gasteiger partial charge in [-0.2, -0.15) is 21.0 Å². The minimum absolute atomic E-state index is 0.00538. The van der Waals surface area contributed by atoms with Crippen molar-refractivity contribution in [2.45, 2.75) is 0 Å². The summed E-state index contributed by atoms with van der Waals surface area (Å²) in [5.41, 5.74) is -4.48. The lowest BCUT2D eigenvalue weighted by molar-refractivity contribution is 1.27. The summed E-state index contributed by atoms with van der Waals surface area (Å²) in [6.07, 6.45) is 2.52. The van der Waals surface area contributed by atoms with Crippen LogP contribution < -0.4 is 10.4 Å². The number of rotatable bonds is 2. The van der Waals surface area contributed by atoms with Gasteiger partial charge in [-0.05, 0) is 24.2 Å². The van der Waals surface area contributed by atoms with Crippen LogP contribution in [0.15, 0.2) is 48.7 Å². The highest BCUT2D eigenvalue weighted by molar-refractivity contribution is 5.92. The molecule has 0 saturated carbocycles. The molecule has 0 atom stereocenters. The van der Waals surface area contributed by atoms with Crippen molar-refractivity contribution < 1.29 is 5.48 Å². The molecule has 0 aliphatic heterocycles. The zero-order valence-electron chi connectivity index (χ0n) is 23.8. The fourth-order valence-corrected chi connectivity index (χ4v) is 3.88. The van der Waals surface area contributed by atoms with E-state index < -0.39 is 57.8 Å². The third-order valence-electron chi connectivity index (χ3n) is 5.46. The highest BCUT2D eigenvalue weighted by Crippen LogP contribution is 2.33. The molecule has 1 heterocycles. The Kier molecular flexibility index (Phi) is 5.58. The normalized spacial score (nSPS) is 12.5. The molecule has 0 saturated heterocycles. The summed E-state index contributed by atoms with van der Waals surface area (Å²) >= 11 is 0. The van der Waals surface area contributed by atoms with Gasteiger partial charge in [-0.15, -0.1) is 0 Å². The average molecular weight is 512 g/mol. The molecule has 0 radical (unpaired) electrons. The molecule has 0 spiro atoms. The monoisotopic (exact) mass is 512 g/mol. The lowest BCUT2D eigenvalue weighted by atomic mass is 9.96. The van der Waals surface area contributed by atoms with Crippen LogP contribution in [0.5, 0.6) is 0 Å². The molecule has 1 aromatic heterocycles. The van der Waals surface area contributed by atoms with Crippen molar-refractivity contribution in [1.82, 2.24) is 9.97 Å². The number of nitriles is 4. The molecule has 4 rings (SSSR count). The van der Waals surface area contributed by atoms with Crippen LogP contribution in [0, 0.1) is 71.6 Å². The van der Waals surface area contributed by atoms with Crippen LogP contribution in [0.4, 0.5) is 11.4 Å². The predicted molar refractivity (Wildman–Crippen MR) is 141 cm³/mol. The molecule has 40 heavy (non-hydrogen) atoms. The van der Waals surface area contributed by atoms with Gasteiger partial charge in [0.15, 0.2) is 22.8 Å². The Hall–Kier alpha value is -7.34. The van der Waals surface area contributed by atoms with E-state index in [1.807, 2.05) is 0 Å². The van der Waals surface area contributed by atoms with Gasteiger partial charge in [0, 0.05) is 56.2 Å². The van der Waals surface area contributed by atoms with Crippen LogP contribution in [0.3, 0.4) is 0 Å². The van der Waals surface area contributed by atoms with Gasteiger partial charge in [-0.1, -0.05) is 12.1 Å². The summed E-state index contributed by atoms with van der Waals surface area (Å²) in [5, 5.41) is 38.6. The van der Waals surface area contributed by atoms with Crippen LogP contribution in [0.2, 0.25) is 0 Å². The van der Waals surface area contributed by atoms with Gasteiger partial charge in [-0.3, -0.25) is 9.97 Å². The zero-order chi connectivity index (χ0) is 32.3. The van der Waals surface area contributed by atoms with E-state index in [0.717, 1.165) is 0 Å². The van der Waals surface area contributed by atoms with Crippen molar-refractivity contribution in [3.8, 4) is 24.3 Å². The summed E-state index contributed by atoms with van der Waals surface area (Å²) in [6.45, 7) is 31.1. The molecule has 0 aliphatic carbocycles. The van der Waals surface area contributed by atoms with Crippen LogP contribution in [0.1, 0.15) is 38.9 Å². The summed E-state index contributed by atoms with van der Waals surface area (Å²) in [4.78, 5) is 22.2. The topological polar surface area (TPSA) is 138 Å². The Morgan fingerprint density at radius 1 is 0.650 bits per heavy atom. The highest BCUT2D eigenvalue weighted by atomic mass is 14.8. The summed E-state index contributed by atoms with van der Waals surface area (Å²) in [5.74, 6) is 0. The first kappa shape index (κ1) is 20.8. The minimum atomic E-state index is -0.632. The van der Waals surface area contributed by atoms with E-state index in [2.05, 4.69) is 29.3 Å². The van der Waals surface area contributed by atoms with Crippen molar-refractivity contribution in [3.05, 3.63) is 138 Å². The molecule has 178 valence electrons. The molecule has 0 bridgehead atoms. The maximum Gasteiger partial charge on any atom is 0.194 e. The van der Waals surface area contributed by atoms with E-state index >= 15 is 0 Å². The van der Waals surface area contributed by atoms with Crippen LogP contribution in [0.25, 0.3) is 41.8 Å². The Balaban J connectivity index is 2.35. The average Bonchev–Trinajstić information content (AvgIpc) is 3.03. The second-order valence-electron chi connectivity index (χ2n) is 7.45. The molecule has 0 aliphatic rings. The first-order valence-electron chi connectivity index (χ1n) is 12.6. The smallest absolute Gasteiger partial charge is 0.194 e. The van der Waals surface area contributed by atoms with Gasteiger partial charge in [-0.25, -0.2) is 19.4 Å². The molecule has 3 aromatic carbocycles. The number of nitrogens with zero attached hydrogens (tertiary/aromatic N) is 10. The summed E-state index contributed by atoms with van der Waals surface area (Å²) in [7, 11) is 0. The second kappa shape index (κ2) is 10.7. The van der Waals surface area contributed by atoms with Crippen LogP contribution >= 0.6 is 0 Å². The Morgan fingerprint density at radius 3 is 1.35 bits per heavy atom. The van der Waals surface area contributed by atoms with Crippen LogP contribution in [-0.4, -0.2) is 9.97 Å². The predicted octanol–water partition coefficient (Wildman–Crippen LogP) is 4.37. The second-order valence-corrected chi connectivity index (χ2v) is 7.45. The van der Waals surface area contributed by atoms with Gasteiger partial charge < -0.3 is 0 Å². The molecular weight excluding hydrogens is 500 g/mol. The van der Waals surface area contributed by atoms with Crippen molar-refractivity contribution in [1.29, 1.82) is 21.0 Å². The van der Waals surface area contributed by atoms with Gasteiger partial charge >= 0.3 is 0 Å². The highest BCUT2D eigenvalue weighted by Gasteiger charge is 2.20. The van der Waals surface area contributed by atoms with E-state index in [1.54, 1.807) is 24.3 Å². The molecule has 10 heteroatoms. The number of fused-ring (bicyclic) bond motifs is 1. The first-order chi connectivity index (χ1) is 21.2. The van der Waals surface area contributed by atoms with Crippen molar-refractivity contribution in [3.63, 3.8) is 0 Å². The van der Waals surface area contributed by atoms with E-state index in [0.29, 0.717) is 0 Å². The minimum Gasteiger partial charge on any atom is -0.254 e. The SMILES string of the molecule is [2H]c1c(C#N)c([2H])c([N+]#[C-])c(/C([N+]#[C-])=c2\cc/c(=C(/[N+]#[C-])c3c(C#N)c([2H])c(C#N)c([2H])c3[N+]#[C-])c3nccnc23)c1C#N. The van der Waals surface area contributed by atoms with Gasteiger partial charge in [0.25, 0.3) is 0 Å². The van der Waals surface area contributed by atoms with E-state index in [1.165, 1.54) is 24.5 Å². The summed E-state index contributed by atoms with van der Waals surface area (Å²) in [6, 6.07) is 6.88. The molecule has 0 amide bonds. The van der Waals surface area contributed by atoms with E-state index in [4.69, 9.17) is 31.8 Å². The molecule has 0 unspecified atom stereocenters. The van der Waals surface area contributed by atoms with Gasteiger partial charge in [0.2, 0.25) is 0 Å². The van der Waals surface area contributed by atoms with Gasteiger partial charge in [0.05, 0.1) is 67.1 Å². The molecule has 0 fully saturated rings. The fraction of sp³-hybridized carbons (Fsp3) is 0. The summed E-state index contributed by atoms with van der Waals surface area (Å²) < 4.78 is 33.2. The number of hydrogen-bond donors (Lipinski definition) is 0. The number of aromatic nitrogens is 2. The fourth-order valence-electron chi connectivity index (χ4n) is 3.88. The largest absolute Gasteiger partial charge is 0.254 e. The maximum absolute atomic E-state index is 9.86. The quantitative estimate of drug-likeness (QED) is 0.366. The molecule has 0 N–H and O–H groups in total. The van der Waals surface area contributed by atoms with Crippen molar-refractivity contribution in [2.24, 2.45) is 0 Å². The Labute approximate surface area is 233 Å². The maximum atomic E-state index is 9.86. The first-order valence-corrected chi connectivity index (χ1v) is 10.6. The lowest BCUT2D eigenvalue weighted by Crippen LogP contribution is -2.18. The third-order valence-corrected chi connectivity index (χ3v) is 5.46.